The highest BCUT2D eigenvalue weighted by Gasteiger charge is 2.56. The highest BCUT2D eigenvalue weighted by molar-refractivity contribution is 9.10. The van der Waals surface area contributed by atoms with Crippen LogP contribution in [0.1, 0.15) is 12.8 Å². The third-order valence-corrected chi connectivity index (χ3v) is 7.03. The number of pyridine rings is 1. The second kappa shape index (κ2) is 7.73. The van der Waals surface area contributed by atoms with E-state index in [-0.39, 0.29) is 30.2 Å². The molecule has 1 aliphatic carbocycles. The number of nitrogen functional groups attached to an aromatic ring is 1. The summed E-state index contributed by atoms with van der Waals surface area (Å²) in [6.45, 7) is -0.0952. The van der Waals surface area contributed by atoms with Crippen molar-refractivity contribution < 1.29 is 14.0 Å². The number of amides is 2. The minimum atomic E-state index is -0.596. The quantitative estimate of drug-likeness (QED) is 0.396. The van der Waals surface area contributed by atoms with Crippen LogP contribution in [0.2, 0.25) is 0 Å². The first-order valence-electron chi connectivity index (χ1n) is 10.8. The molecule has 4 heterocycles. The van der Waals surface area contributed by atoms with Gasteiger partial charge in [-0.05, 0) is 65.0 Å². The molecule has 2 amide bonds. The molecule has 34 heavy (non-hydrogen) atoms. The number of nitrogens with two attached hydrogens (primary N) is 1. The van der Waals surface area contributed by atoms with E-state index in [1.54, 1.807) is 33.7 Å². The molecule has 2 aliphatic rings. The Labute approximate surface area is 201 Å². The molecule has 3 aromatic heterocycles. The van der Waals surface area contributed by atoms with Gasteiger partial charge in [-0.2, -0.15) is 0 Å². The van der Waals surface area contributed by atoms with Crippen molar-refractivity contribution in [3.05, 3.63) is 53.1 Å². The van der Waals surface area contributed by atoms with Gasteiger partial charge in [0.2, 0.25) is 11.8 Å². The van der Waals surface area contributed by atoms with Crippen LogP contribution in [0.3, 0.4) is 0 Å². The second-order valence-corrected chi connectivity index (χ2v) is 9.47. The summed E-state index contributed by atoms with van der Waals surface area (Å²) >= 11 is 3.29. The average Bonchev–Trinajstić information content (AvgIpc) is 3.35. The molecule has 11 heteroatoms. The first-order chi connectivity index (χ1) is 16.4. The number of nitrogens with zero attached hydrogens (tertiary/aromatic N) is 5. The molecule has 0 radical (unpaired) electrons. The summed E-state index contributed by atoms with van der Waals surface area (Å²) in [5, 5.41) is 4.06. The van der Waals surface area contributed by atoms with Crippen molar-refractivity contribution in [1.82, 2.24) is 24.4 Å². The summed E-state index contributed by atoms with van der Waals surface area (Å²) in [5.41, 5.74) is 7.04. The maximum absolute atomic E-state index is 14.1. The third kappa shape index (κ3) is 3.38. The number of hydrogen-bond donors (Lipinski definition) is 2. The van der Waals surface area contributed by atoms with E-state index in [4.69, 9.17) is 5.73 Å². The minimum Gasteiger partial charge on any atom is -0.383 e. The Kier molecular flexibility index (Phi) is 4.76. The monoisotopic (exact) mass is 523 g/mol. The van der Waals surface area contributed by atoms with Crippen molar-refractivity contribution in [3.8, 4) is 0 Å². The van der Waals surface area contributed by atoms with E-state index < -0.39 is 11.9 Å². The molecule has 172 valence electrons. The summed E-state index contributed by atoms with van der Waals surface area (Å²) in [7, 11) is 0. The molecule has 1 unspecified atom stereocenters. The molecule has 2 fully saturated rings. The van der Waals surface area contributed by atoms with Crippen LogP contribution in [0.15, 0.2) is 47.3 Å². The summed E-state index contributed by atoms with van der Waals surface area (Å²) in [4.78, 5) is 40.9. The van der Waals surface area contributed by atoms with E-state index >= 15 is 0 Å². The lowest BCUT2D eigenvalue weighted by Gasteiger charge is -2.27. The Balaban J connectivity index is 1.33. The average molecular weight is 524 g/mol. The van der Waals surface area contributed by atoms with Crippen LogP contribution in [-0.4, -0.2) is 48.3 Å². The van der Waals surface area contributed by atoms with Crippen molar-refractivity contribution in [1.29, 1.82) is 0 Å². The Hall–Kier alpha value is -3.60. The molecule has 1 aromatic carbocycles. The van der Waals surface area contributed by atoms with Gasteiger partial charge in [0.25, 0.3) is 0 Å². The number of likely N-dealkylation sites (tertiary alicyclic amines) is 1. The number of benzene rings is 1. The predicted octanol–water partition coefficient (Wildman–Crippen LogP) is 3.09. The molecule has 1 saturated carbocycles. The Morgan fingerprint density at radius 3 is 2.88 bits per heavy atom. The number of halogens is 2. The van der Waals surface area contributed by atoms with E-state index in [2.05, 4.69) is 36.2 Å². The molecule has 9 nitrogen and oxygen atoms in total. The van der Waals surface area contributed by atoms with Crippen molar-refractivity contribution in [2.24, 2.45) is 5.92 Å². The standard InChI is InChI=1S/C23H19BrFN7O2/c24-17-2-1-3-18(29-17)30-23(34)16-7-11-6-14(11)32(16)19(33)9-31-15-8-12(25)4-5-13(15)20-21(26)27-10-28-22(20)31/h1-5,8,10-11,14,16H,6-7,9H2,(H2,26,27,28)(H,29,30,34)/t11?,14-,16+/m1/s1. The molecule has 3 N–H and O–H groups in total. The van der Waals surface area contributed by atoms with Crippen molar-refractivity contribution in [2.75, 3.05) is 11.1 Å². The number of carbonyl (C=O) groups is 2. The van der Waals surface area contributed by atoms with Gasteiger partial charge >= 0.3 is 0 Å². The normalized spacial score (nSPS) is 21.1. The Bertz CT molecular complexity index is 1490. The zero-order chi connectivity index (χ0) is 23.6. The molecule has 3 atom stereocenters. The number of nitrogens with one attached hydrogen (secondary N) is 1. The Morgan fingerprint density at radius 1 is 1.21 bits per heavy atom. The third-order valence-electron chi connectivity index (χ3n) is 6.59. The van der Waals surface area contributed by atoms with Gasteiger partial charge in [0.05, 0.1) is 10.9 Å². The highest BCUT2D eigenvalue weighted by Crippen LogP contribution is 2.48. The van der Waals surface area contributed by atoms with Crippen molar-refractivity contribution in [2.45, 2.75) is 31.5 Å². The lowest BCUT2D eigenvalue weighted by Crippen LogP contribution is -2.46. The first-order valence-corrected chi connectivity index (χ1v) is 11.6. The van der Waals surface area contributed by atoms with E-state index in [1.807, 2.05) is 0 Å². The molecule has 1 saturated heterocycles. The molecule has 4 aromatic rings. The molecule has 0 spiro atoms. The number of piperidine rings is 1. The number of anilines is 2. The zero-order valence-corrected chi connectivity index (χ0v) is 19.4. The van der Waals surface area contributed by atoms with Gasteiger partial charge in [0.1, 0.15) is 46.6 Å². The van der Waals surface area contributed by atoms with Crippen LogP contribution >= 0.6 is 15.9 Å². The van der Waals surface area contributed by atoms with Crippen LogP contribution in [0, 0.1) is 11.7 Å². The van der Waals surface area contributed by atoms with Gasteiger partial charge in [-0.15, -0.1) is 0 Å². The molecular weight excluding hydrogens is 505 g/mol. The van der Waals surface area contributed by atoms with Crippen LogP contribution in [0.25, 0.3) is 21.9 Å². The summed E-state index contributed by atoms with van der Waals surface area (Å²) in [6, 6.07) is 8.98. The van der Waals surface area contributed by atoms with Gasteiger partial charge in [-0.3, -0.25) is 9.59 Å². The van der Waals surface area contributed by atoms with Gasteiger partial charge in [-0.1, -0.05) is 6.07 Å². The van der Waals surface area contributed by atoms with E-state index in [0.717, 1.165) is 6.42 Å². The maximum Gasteiger partial charge on any atom is 0.248 e. The predicted molar refractivity (Wildman–Crippen MR) is 127 cm³/mol. The van der Waals surface area contributed by atoms with E-state index in [1.165, 1.54) is 18.5 Å². The fourth-order valence-electron chi connectivity index (χ4n) is 5.02. The van der Waals surface area contributed by atoms with Gasteiger partial charge < -0.3 is 20.5 Å². The van der Waals surface area contributed by atoms with Crippen molar-refractivity contribution in [3.63, 3.8) is 0 Å². The molecule has 6 rings (SSSR count). The van der Waals surface area contributed by atoms with Crippen molar-refractivity contribution >= 4 is 61.3 Å². The number of rotatable bonds is 4. The van der Waals surface area contributed by atoms with Gasteiger partial charge in [-0.25, -0.2) is 19.3 Å². The lowest BCUT2D eigenvalue weighted by molar-refractivity contribution is -0.138. The fraction of sp³-hybridized carbons (Fsp3) is 0.261. The van der Waals surface area contributed by atoms with Gasteiger partial charge in [0, 0.05) is 11.4 Å². The minimum absolute atomic E-state index is 0.0308. The highest BCUT2D eigenvalue weighted by atomic mass is 79.9. The smallest absolute Gasteiger partial charge is 0.248 e. The second-order valence-electron chi connectivity index (χ2n) is 8.66. The van der Waals surface area contributed by atoms with E-state index in [0.29, 0.717) is 44.7 Å². The number of aromatic nitrogens is 4. The Morgan fingerprint density at radius 2 is 2.06 bits per heavy atom. The van der Waals surface area contributed by atoms with Crippen LogP contribution in [-0.2, 0) is 16.1 Å². The fourth-order valence-corrected chi connectivity index (χ4v) is 5.36. The maximum atomic E-state index is 14.1. The van der Waals surface area contributed by atoms with Crippen LogP contribution in [0.4, 0.5) is 16.0 Å². The van der Waals surface area contributed by atoms with E-state index in [9.17, 15) is 14.0 Å². The molecule has 1 aliphatic heterocycles. The largest absolute Gasteiger partial charge is 0.383 e. The number of hydrogen-bond acceptors (Lipinski definition) is 6. The first kappa shape index (κ1) is 21.0. The lowest BCUT2D eigenvalue weighted by atomic mass is 10.1. The summed E-state index contributed by atoms with van der Waals surface area (Å²) < 4.78 is 16.4. The number of carbonyl (C=O) groups excluding carboxylic acids is 2. The zero-order valence-electron chi connectivity index (χ0n) is 17.8. The molecular formula is C23H19BrFN7O2. The van der Waals surface area contributed by atoms with Gasteiger partial charge in [0.15, 0.2) is 0 Å². The number of fused-ring (bicyclic) bond motifs is 4. The van der Waals surface area contributed by atoms with Crippen LogP contribution < -0.4 is 11.1 Å². The molecule has 0 bridgehead atoms. The SMILES string of the molecule is Nc1ncnc2c1c1ccc(F)cc1n2CC(=O)N1[C@@H]2CC2C[C@H]1C(=O)Nc1cccc(Br)n1. The summed E-state index contributed by atoms with van der Waals surface area (Å²) in [6.07, 6.45) is 2.80. The topological polar surface area (TPSA) is 119 Å². The van der Waals surface area contributed by atoms with Crippen LogP contribution in [0.5, 0.6) is 0 Å². The summed E-state index contributed by atoms with van der Waals surface area (Å²) in [5.74, 6) is 0.0486.